The molecule has 0 saturated carbocycles. The number of thiazole rings is 1. The van der Waals surface area contributed by atoms with Crippen LogP contribution in [0.5, 0.6) is 0 Å². The first kappa shape index (κ1) is 13.8. The third-order valence-electron chi connectivity index (χ3n) is 3.84. The Morgan fingerprint density at radius 1 is 1.44 bits per heavy atom. The Balaban J connectivity index is 1.98. The van der Waals surface area contributed by atoms with Gasteiger partial charge < -0.3 is 10.2 Å². The monoisotopic (exact) mass is 267 g/mol. The molecular formula is C14H25N3S. The molecule has 0 bridgehead atoms. The van der Waals surface area contributed by atoms with Gasteiger partial charge in [-0.15, -0.1) is 11.3 Å². The van der Waals surface area contributed by atoms with Crippen LogP contribution in [0.4, 0.5) is 5.13 Å². The third kappa shape index (κ3) is 3.23. The molecule has 2 heterocycles. The summed E-state index contributed by atoms with van der Waals surface area (Å²) in [5.74, 6) is 0. The lowest BCUT2D eigenvalue weighted by Crippen LogP contribution is -2.37. The fourth-order valence-corrected chi connectivity index (χ4v) is 3.33. The average Bonchev–Trinajstić information content (AvgIpc) is 2.79. The highest BCUT2D eigenvalue weighted by molar-refractivity contribution is 7.15. The van der Waals surface area contributed by atoms with Crippen LogP contribution in [0.2, 0.25) is 0 Å². The fraction of sp³-hybridized carbons (Fsp3) is 0.786. The van der Waals surface area contributed by atoms with E-state index < -0.39 is 0 Å². The second kappa shape index (κ2) is 5.57. The molecule has 1 fully saturated rings. The predicted octanol–water partition coefficient (Wildman–Crippen LogP) is 3.44. The van der Waals surface area contributed by atoms with E-state index in [-0.39, 0.29) is 0 Å². The van der Waals surface area contributed by atoms with Crippen molar-refractivity contribution in [1.82, 2.24) is 10.3 Å². The zero-order chi connectivity index (χ0) is 13.2. The van der Waals surface area contributed by atoms with Crippen LogP contribution in [0, 0.1) is 5.41 Å². The zero-order valence-corrected chi connectivity index (χ0v) is 12.8. The molecule has 0 spiro atoms. The first-order valence-electron chi connectivity index (χ1n) is 6.96. The van der Waals surface area contributed by atoms with Gasteiger partial charge in [-0.3, -0.25) is 0 Å². The van der Waals surface area contributed by atoms with Crippen molar-refractivity contribution in [3.8, 4) is 0 Å². The van der Waals surface area contributed by atoms with Gasteiger partial charge in [0.25, 0.3) is 0 Å². The molecule has 1 aromatic rings. The minimum absolute atomic E-state index is 0.419. The molecular weight excluding hydrogens is 242 g/mol. The smallest absolute Gasteiger partial charge is 0.185 e. The highest BCUT2D eigenvalue weighted by atomic mass is 32.1. The van der Waals surface area contributed by atoms with Crippen molar-refractivity contribution in [2.24, 2.45) is 5.41 Å². The van der Waals surface area contributed by atoms with Crippen LogP contribution in [0.1, 0.15) is 51.5 Å². The van der Waals surface area contributed by atoms with Gasteiger partial charge in [0.2, 0.25) is 0 Å². The molecule has 0 amide bonds. The van der Waals surface area contributed by atoms with Crippen molar-refractivity contribution in [3.63, 3.8) is 0 Å². The first-order chi connectivity index (χ1) is 8.52. The molecule has 1 aromatic heterocycles. The summed E-state index contributed by atoms with van der Waals surface area (Å²) in [5.41, 5.74) is 0.508. The van der Waals surface area contributed by atoms with E-state index in [1.165, 1.54) is 22.9 Å². The lowest BCUT2D eigenvalue weighted by Gasteiger charge is -2.36. The molecule has 3 nitrogen and oxygen atoms in total. The van der Waals surface area contributed by atoms with E-state index in [1.54, 1.807) is 0 Å². The Kier molecular flexibility index (Phi) is 4.28. The van der Waals surface area contributed by atoms with Crippen LogP contribution in [0.15, 0.2) is 6.20 Å². The van der Waals surface area contributed by atoms with Gasteiger partial charge in [0, 0.05) is 30.2 Å². The lowest BCUT2D eigenvalue weighted by atomic mass is 9.83. The summed E-state index contributed by atoms with van der Waals surface area (Å²) in [5, 5.41) is 4.64. The van der Waals surface area contributed by atoms with Crippen LogP contribution in [0.3, 0.4) is 0 Å². The van der Waals surface area contributed by atoms with Gasteiger partial charge in [-0.25, -0.2) is 4.98 Å². The summed E-state index contributed by atoms with van der Waals surface area (Å²) in [6.45, 7) is 12.4. The molecule has 1 aliphatic heterocycles. The molecule has 2 rings (SSSR count). The topological polar surface area (TPSA) is 28.2 Å². The van der Waals surface area contributed by atoms with Crippen LogP contribution in [-0.4, -0.2) is 24.6 Å². The molecule has 1 atom stereocenters. The van der Waals surface area contributed by atoms with Gasteiger partial charge in [0.15, 0.2) is 5.13 Å². The molecule has 0 aromatic carbocycles. The van der Waals surface area contributed by atoms with Crippen LogP contribution >= 0.6 is 11.3 Å². The standard InChI is InChI=1S/C14H25N3S/c1-5-15-11(2)12-10-16-13(18-12)17-8-6-14(3,4)7-9-17/h10-11,15H,5-9H2,1-4H3. The van der Waals surface area contributed by atoms with Crippen molar-refractivity contribution in [1.29, 1.82) is 0 Å². The largest absolute Gasteiger partial charge is 0.348 e. The van der Waals surface area contributed by atoms with Gasteiger partial charge in [-0.1, -0.05) is 20.8 Å². The van der Waals surface area contributed by atoms with Gasteiger partial charge in [-0.2, -0.15) is 0 Å². The molecule has 1 aliphatic rings. The Labute approximate surface area is 115 Å². The van der Waals surface area contributed by atoms with Gasteiger partial charge in [0.05, 0.1) is 0 Å². The van der Waals surface area contributed by atoms with Crippen molar-refractivity contribution in [2.45, 2.75) is 46.6 Å². The van der Waals surface area contributed by atoms with Crippen LogP contribution in [-0.2, 0) is 0 Å². The van der Waals surface area contributed by atoms with Crippen molar-refractivity contribution in [2.75, 3.05) is 24.5 Å². The number of nitrogens with zero attached hydrogens (tertiary/aromatic N) is 2. The van der Waals surface area contributed by atoms with E-state index in [4.69, 9.17) is 0 Å². The SMILES string of the molecule is CCNC(C)c1cnc(N2CCC(C)(C)CC2)s1. The lowest BCUT2D eigenvalue weighted by molar-refractivity contribution is 0.280. The minimum atomic E-state index is 0.419. The van der Waals surface area contributed by atoms with Crippen molar-refractivity contribution >= 4 is 16.5 Å². The molecule has 4 heteroatoms. The molecule has 0 radical (unpaired) electrons. The van der Waals surface area contributed by atoms with Crippen LogP contribution in [0.25, 0.3) is 0 Å². The van der Waals surface area contributed by atoms with Crippen LogP contribution < -0.4 is 10.2 Å². The van der Waals surface area contributed by atoms with Crippen molar-refractivity contribution < 1.29 is 0 Å². The number of nitrogens with one attached hydrogen (secondary N) is 1. The number of hydrogen-bond acceptors (Lipinski definition) is 4. The summed E-state index contributed by atoms with van der Waals surface area (Å²) in [6, 6.07) is 0.419. The molecule has 1 saturated heterocycles. The molecule has 1 N–H and O–H groups in total. The van der Waals surface area contributed by atoms with Crippen molar-refractivity contribution in [3.05, 3.63) is 11.1 Å². The quantitative estimate of drug-likeness (QED) is 0.906. The van der Waals surface area contributed by atoms with Gasteiger partial charge in [-0.05, 0) is 31.7 Å². The Hall–Kier alpha value is -0.610. The van der Waals surface area contributed by atoms with E-state index in [0.717, 1.165) is 19.6 Å². The number of rotatable bonds is 4. The molecule has 102 valence electrons. The Morgan fingerprint density at radius 3 is 2.72 bits per heavy atom. The highest BCUT2D eigenvalue weighted by Crippen LogP contribution is 2.34. The Bertz CT molecular complexity index is 376. The van der Waals surface area contributed by atoms with Gasteiger partial charge in [0.1, 0.15) is 0 Å². The third-order valence-corrected chi connectivity index (χ3v) is 5.08. The van der Waals surface area contributed by atoms with Gasteiger partial charge >= 0.3 is 0 Å². The second-order valence-electron chi connectivity index (χ2n) is 5.98. The summed E-state index contributed by atoms with van der Waals surface area (Å²) in [7, 11) is 0. The number of aromatic nitrogens is 1. The maximum Gasteiger partial charge on any atom is 0.185 e. The maximum absolute atomic E-state index is 4.60. The Morgan fingerprint density at radius 2 is 2.11 bits per heavy atom. The summed E-state index contributed by atoms with van der Waals surface area (Å²) in [4.78, 5) is 8.38. The van der Waals surface area contributed by atoms with E-state index >= 15 is 0 Å². The number of anilines is 1. The average molecular weight is 267 g/mol. The molecule has 1 unspecified atom stereocenters. The van der Waals surface area contributed by atoms with E-state index in [1.807, 2.05) is 17.5 Å². The predicted molar refractivity (Wildman–Crippen MR) is 79.4 cm³/mol. The minimum Gasteiger partial charge on any atom is -0.348 e. The molecule has 0 aliphatic carbocycles. The normalized spacial score (nSPS) is 21.0. The van der Waals surface area contributed by atoms with E-state index in [9.17, 15) is 0 Å². The number of hydrogen-bond donors (Lipinski definition) is 1. The summed E-state index contributed by atoms with van der Waals surface area (Å²) >= 11 is 1.84. The maximum atomic E-state index is 4.60. The first-order valence-corrected chi connectivity index (χ1v) is 7.77. The fourth-order valence-electron chi connectivity index (χ4n) is 2.33. The van der Waals surface area contributed by atoms with E-state index in [0.29, 0.717) is 11.5 Å². The summed E-state index contributed by atoms with van der Waals surface area (Å²) in [6.07, 6.45) is 4.57. The zero-order valence-electron chi connectivity index (χ0n) is 12.0. The number of piperidine rings is 1. The molecule has 18 heavy (non-hydrogen) atoms. The summed E-state index contributed by atoms with van der Waals surface area (Å²) < 4.78 is 0. The van der Waals surface area contributed by atoms with E-state index in [2.05, 4.69) is 42.9 Å². The second-order valence-corrected chi connectivity index (χ2v) is 7.02. The highest BCUT2D eigenvalue weighted by Gasteiger charge is 2.26.